The molecule has 1 aromatic rings. The molecule has 0 saturated carbocycles. The number of rotatable bonds is 6. The molecule has 0 unspecified atom stereocenters. The van der Waals surface area contributed by atoms with Crippen LogP contribution in [0.1, 0.15) is 6.92 Å². The summed E-state index contributed by atoms with van der Waals surface area (Å²) in [6.07, 6.45) is 0.0596. The topological polar surface area (TPSA) is 71.1 Å². The molecule has 1 aromatic carbocycles. The van der Waals surface area contributed by atoms with Crippen molar-refractivity contribution in [1.82, 2.24) is 9.80 Å². The first-order valence-corrected chi connectivity index (χ1v) is 7.99. The normalized spacial score (nSPS) is 17.7. The number of carbonyl (C=O) groups is 2. The number of nitrogens with zero attached hydrogens (tertiary/aromatic N) is 2. The molecule has 1 fully saturated rings. The van der Waals surface area contributed by atoms with Crippen LogP contribution in [0.3, 0.4) is 0 Å². The maximum atomic E-state index is 12.3. The molecule has 2 rings (SSSR count). The van der Waals surface area contributed by atoms with E-state index in [1.807, 2.05) is 13.0 Å². The van der Waals surface area contributed by atoms with Gasteiger partial charge in [-0.1, -0.05) is 6.07 Å². The summed E-state index contributed by atoms with van der Waals surface area (Å²) in [7, 11) is 3.33. The Kier molecular flexibility index (Phi) is 6.57. The number of hydrogen-bond acceptors (Lipinski definition) is 5. The Morgan fingerprint density at radius 2 is 2.21 bits per heavy atom. The van der Waals surface area contributed by atoms with E-state index in [2.05, 4.69) is 5.32 Å². The van der Waals surface area contributed by atoms with Crippen LogP contribution in [0, 0.1) is 0 Å². The van der Waals surface area contributed by atoms with E-state index in [1.165, 1.54) is 0 Å². The number of nitrogens with one attached hydrogen (secondary N) is 1. The van der Waals surface area contributed by atoms with Crippen molar-refractivity contribution in [2.24, 2.45) is 0 Å². The summed E-state index contributed by atoms with van der Waals surface area (Å²) in [6.45, 7) is 4.06. The third-order valence-electron chi connectivity index (χ3n) is 3.77. The van der Waals surface area contributed by atoms with Gasteiger partial charge >= 0.3 is 0 Å². The lowest BCUT2D eigenvalue weighted by molar-refractivity contribution is -0.139. The third-order valence-corrected chi connectivity index (χ3v) is 3.77. The number of methoxy groups -OCH3 is 1. The van der Waals surface area contributed by atoms with Crippen molar-refractivity contribution in [3.05, 3.63) is 24.3 Å². The van der Waals surface area contributed by atoms with E-state index < -0.39 is 0 Å². The molecule has 1 saturated heterocycles. The molecule has 0 bridgehead atoms. The van der Waals surface area contributed by atoms with E-state index in [4.69, 9.17) is 9.47 Å². The first kappa shape index (κ1) is 18.2. The molecule has 7 heteroatoms. The van der Waals surface area contributed by atoms with Crippen molar-refractivity contribution in [2.75, 3.05) is 52.3 Å². The molecule has 24 heavy (non-hydrogen) atoms. The Hall–Kier alpha value is -2.12. The summed E-state index contributed by atoms with van der Waals surface area (Å²) in [4.78, 5) is 27.8. The zero-order valence-electron chi connectivity index (χ0n) is 14.4. The van der Waals surface area contributed by atoms with Crippen LogP contribution in [0.4, 0.5) is 5.69 Å². The van der Waals surface area contributed by atoms with Gasteiger partial charge in [0.15, 0.2) is 0 Å². The third kappa shape index (κ3) is 5.50. The lowest BCUT2D eigenvalue weighted by atomic mass is 10.3. The second-order valence-corrected chi connectivity index (χ2v) is 5.97. The largest absolute Gasteiger partial charge is 0.497 e. The molecule has 1 aliphatic heterocycles. The maximum absolute atomic E-state index is 12.3. The molecule has 7 nitrogen and oxygen atoms in total. The number of amides is 2. The van der Waals surface area contributed by atoms with Gasteiger partial charge in [0.2, 0.25) is 11.8 Å². The molecular weight excluding hydrogens is 310 g/mol. The van der Waals surface area contributed by atoms with Crippen LogP contribution >= 0.6 is 0 Å². The number of anilines is 1. The maximum Gasteiger partial charge on any atom is 0.238 e. The predicted octanol–water partition coefficient (Wildman–Crippen LogP) is 0.813. The van der Waals surface area contributed by atoms with E-state index in [0.29, 0.717) is 31.1 Å². The molecule has 0 radical (unpaired) electrons. The van der Waals surface area contributed by atoms with Crippen LogP contribution in [0.15, 0.2) is 24.3 Å². The summed E-state index contributed by atoms with van der Waals surface area (Å²) in [5, 5.41) is 2.80. The molecule has 0 aliphatic carbocycles. The van der Waals surface area contributed by atoms with Crippen molar-refractivity contribution in [3.63, 3.8) is 0 Å². The van der Waals surface area contributed by atoms with Gasteiger partial charge in [-0.3, -0.25) is 14.5 Å². The summed E-state index contributed by atoms with van der Waals surface area (Å²) < 4.78 is 10.6. The van der Waals surface area contributed by atoms with Crippen molar-refractivity contribution >= 4 is 17.5 Å². The van der Waals surface area contributed by atoms with Crippen molar-refractivity contribution < 1.29 is 19.1 Å². The van der Waals surface area contributed by atoms with Gasteiger partial charge in [0.05, 0.1) is 32.9 Å². The predicted molar refractivity (Wildman–Crippen MR) is 91.1 cm³/mol. The van der Waals surface area contributed by atoms with Gasteiger partial charge in [0, 0.05) is 24.8 Å². The summed E-state index contributed by atoms with van der Waals surface area (Å²) in [5.41, 5.74) is 0.668. The van der Waals surface area contributed by atoms with Crippen LogP contribution in [0.5, 0.6) is 5.75 Å². The number of benzene rings is 1. The average molecular weight is 335 g/mol. The van der Waals surface area contributed by atoms with Crippen molar-refractivity contribution in [3.8, 4) is 5.75 Å². The minimum atomic E-state index is -0.172. The minimum Gasteiger partial charge on any atom is -0.497 e. The Balaban J connectivity index is 1.79. The number of morpholine rings is 1. The van der Waals surface area contributed by atoms with Gasteiger partial charge < -0.3 is 19.7 Å². The number of likely N-dealkylation sites (N-methyl/N-ethyl adjacent to an activating group) is 1. The van der Waals surface area contributed by atoms with Crippen LogP contribution < -0.4 is 10.1 Å². The molecule has 0 spiro atoms. The lowest BCUT2D eigenvalue weighted by Gasteiger charge is -2.32. The number of hydrogen-bond donors (Lipinski definition) is 1. The molecule has 1 heterocycles. The van der Waals surface area contributed by atoms with Gasteiger partial charge in [-0.25, -0.2) is 0 Å². The van der Waals surface area contributed by atoms with Gasteiger partial charge in [0.1, 0.15) is 5.75 Å². The first-order chi connectivity index (χ1) is 11.5. The minimum absolute atomic E-state index is 0.0156. The summed E-state index contributed by atoms with van der Waals surface area (Å²) in [6, 6.07) is 7.16. The highest BCUT2D eigenvalue weighted by atomic mass is 16.5. The second-order valence-electron chi connectivity index (χ2n) is 5.97. The Morgan fingerprint density at radius 1 is 1.42 bits per heavy atom. The Bertz CT molecular complexity index is 579. The zero-order valence-corrected chi connectivity index (χ0v) is 14.4. The highest BCUT2D eigenvalue weighted by Gasteiger charge is 2.22. The summed E-state index contributed by atoms with van der Waals surface area (Å²) >= 11 is 0. The van der Waals surface area contributed by atoms with Gasteiger partial charge in [-0.2, -0.15) is 0 Å². The van der Waals surface area contributed by atoms with E-state index in [-0.39, 0.29) is 31.0 Å². The van der Waals surface area contributed by atoms with E-state index in [9.17, 15) is 9.59 Å². The first-order valence-electron chi connectivity index (χ1n) is 7.99. The summed E-state index contributed by atoms with van der Waals surface area (Å²) in [5.74, 6) is 0.522. The van der Waals surface area contributed by atoms with Gasteiger partial charge in [0.25, 0.3) is 0 Å². The van der Waals surface area contributed by atoms with Crippen molar-refractivity contribution in [1.29, 1.82) is 0 Å². The lowest BCUT2D eigenvalue weighted by Crippen LogP contribution is -2.48. The number of ether oxygens (including phenoxy) is 2. The quantitative estimate of drug-likeness (QED) is 0.833. The molecule has 1 atom stereocenters. The smallest absolute Gasteiger partial charge is 0.238 e. The molecule has 132 valence electrons. The van der Waals surface area contributed by atoms with Crippen LogP contribution in [0.2, 0.25) is 0 Å². The highest BCUT2D eigenvalue weighted by molar-refractivity contribution is 5.92. The molecular formula is C17H25N3O4. The monoisotopic (exact) mass is 335 g/mol. The van der Waals surface area contributed by atoms with Crippen LogP contribution in [-0.2, 0) is 14.3 Å². The highest BCUT2D eigenvalue weighted by Crippen LogP contribution is 2.16. The zero-order chi connectivity index (χ0) is 17.5. The standard InChI is InChI=1S/C17H25N3O4/c1-13-10-20(7-8-24-13)17(22)12-19(2)11-16(21)18-14-5-4-6-15(9-14)23-3/h4-6,9,13H,7-8,10-12H2,1-3H3,(H,18,21)/t13-/m0/s1. The fraction of sp³-hybridized carbons (Fsp3) is 0.529. The van der Waals surface area contributed by atoms with E-state index >= 15 is 0 Å². The average Bonchev–Trinajstić information content (AvgIpc) is 2.54. The SMILES string of the molecule is COc1cccc(NC(=O)CN(C)CC(=O)N2CCO[C@@H](C)C2)c1. The Labute approximate surface area is 142 Å². The van der Waals surface area contributed by atoms with E-state index in [1.54, 1.807) is 42.2 Å². The fourth-order valence-corrected chi connectivity index (χ4v) is 2.58. The molecule has 1 aliphatic rings. The van der Waals surface area contributed by atoms with Crippen LogP contribution in [-0.4, -0.2) is 74.7 Å². The molecule has 0 aromatic heterocycles. The van der Waals surface area contributed by atoms with Gasteiger partial charge in [-0.15, -0.1) is 0 Å². The second kappa shape index (κ2) is 8.65. The number of carbonyl (C=O) groups excluding carboxylic acids is 2. The molecule has 1 N–H and O–H groups in total. The molecule has 2 amide bonds. The fourth-order valence-electron chi connectivity index (χ4n) is 2.58. The Morgan fingerprint density at radius 3 is 2.92 bits per heavy atom. The van der Waals surface area contributed by atoms with Gasteiger partial charge in [-0.05, 0) is 26.1 Å². The van der Waals surface area contributed by atoms with E-state index in [0.717, 1.165) is 0 Å². The van der Waals surface area contributed by atoms with Crippen molar-refractivity contribution in [2.45, 2.75) is 13.0 Å². The van der Waals surface area contributed by atoms with Crippen LogP contribution in [0.25, 0.3) is 0 Å².